The van der Waals surface area contributed by atoms with Crippen LogP contribution in [0, 0.1) is 0 Å². The highest BCUT2D eigenvalue weighted by atomic mass is 32.1. The van der Waals surface area contributed by atoms with Crippen molar-refractivity contribution in [2.45, 2.75) is 38.4 Å². The van der Waals surface area contributed by atoms with Gasteiger partial charge >= 0.3 is 6.09 Å². The van der Waals surface area contributed by atoms with E-state index in [1.807, 2.05) is 38.3 Å². The summed E-state index contributed by atoms with van der Waals surface area (Å²) in [5.74, 6) is -0.0922. The van der Waals surface area contributed by atoms with E-state index < -0.39 is 11.7 Å². The van der Waals surface area contributed by atoms with Crippen LogP contribution in [0.1, 0.15) is 32.3 Å². The van der Waals surface area contributed by atoms with Crippen LogP contribution in [-0.4, -0.2) is 45.9 Å². The van der Waals surface area contributed by atoms with Crippen LogP contribution in [-0.2, 0) is 4.74 Å². The van der Waals surface area contributed by atoms with Crippen molar-refractivity contribution >= 4 is 27.6 Å². The van der Waals surface area contributed by atoms with Crippen molar-refractivity contribution in [3.63, 3.8) is 0 Å². The van der Waals surface area contributed by atoms with Gasteiger partial charge in [-0.3, -0.25) is 0 Å². The third-order valence-corrected chi connectivity index (χ3v) is 4.64. The van der Waals surface area contributed by atoms with Gasteiger partial charge in [-0.15, -0.1) is 11.3 Å². The molecule has 3 rings (SSSR count). The van der Waals surface area contributed by atoms with Gasteiger partial charge in [0.1, 0.15) is 10.4 Å². The summed E-state index contributed by atoms with van der Waals surface area (Å²) >= 11 is 1.57. The van der Waals surface area contributed by atoms with E-state index in [0.29, 0.717) is 13.1 Å². The topological polar surface area (TPSA) is 62.7 Å². The van der Waals surface area contributed by atoms with Gasteiger partial charge in [0.2, 0.25) is 0 Å². The molecule has 0 aliphatic carbocycles. The van der Waals surface area contributed by atoms with E-state index in [0.717, 1.165) is 15.8 Å². The molecule has 1 aliphatic heterocycles. The van der Waals surface area contributed by atoms with Gasteiger partial charge in [-0.05, 0) is 37.8 Å². The first-order valence-corrected chi connectivity index (χ1v) is 8.21. The Bertz CT molecular complexity index is 692. The van der Waals surface area contributed by atoms with E-state index in [-0.39, 0.29) is 12.0 Å². The minimum absolute atomic E-state index is 0.0922. The molecule has 1 saturated heterocycles. The Morgan fingerprint density at radius 3 is 2.95 bits per heavy atom. The van der Waals surface area contributed by atoms with Crippen LogP contribution in [0.4, 0.5) is 4.79 Å². The number of likely N-dealkylation sites (tertiary alicyclic amines) is 1. The molecule has 1 amide bonds. The van der Waals surface area contributed by atoms with Gasteiger partial charge in [0, 0.05) is 24.0 Å². The number of hydrogen-bond donors (Lipinski definition) is 1. The molecule has 0 saturated carbocycles. The smallest absolute Gasteiger partial charge is 0.410 e. The molecule has 1 N–H and O–H groups in total. The molecule has 0 aromatic carbocycles. The number of ether oxygens (including phenoxy) is 1. The number of thiophene rings is 1. The third-order valence-electron chi connectivity index (χ3n) is 3.72. The molecule has 0 spiro atoms. The van der Waals surface area contributed by atoms with Crippen molar-refractivity contribution < 1.29 is 14.6 Å². The summed E-state index contributed by atoms with van der Waals surface area (Å²) in [6.45, 7) is 6.29. The van der Waals surface area contributed by atoms with Crippen molar-refractivity contribution in [2.24, 2.45) is 0 Å². The number of aliphatic hydroxyl groups is 1. The number of carbonyl (C=O) groups excluding carboxylic acids is 1. The lowest BCUT2D eigenvalue weighted by Gasteiger charge is -2.24. The summed E-state index contributed by atoms with van der Waals surface area (Å²) in [5.41, 5.74) is 0.533. The summed E-state index contributed by atoms with van der Waals surface area (Å²) < 4.78 is 5.39. The second-order valence-corrected chi connectivity index (χ2v) is 7.46. The van der Waals surface area contributed by atoms with Gasteiger partial charge in [-0.2, -0.15) is 0 Å². The molecule has 2 unspecified atom stereocenters. The van der Waals surface area contributed by atoms with Crippen molar-refractivity contribution in [2.75, 3.05) is 13.1 Å². The number of pyridine rings is 1. The molecule has 1 fully saturated rings. The Labute approximate surface area is 133 Å². The zero-order chi connectivity index (χ0) is 15.9. The van der Waals surface area contributed by atoms with Crippen molar-refractivity contribution in [3.8, 4) is 0 Å². The van der Waals surface area contributed by atoms with Crippen LogP contribution in [0.25, 0.3) is 10.2 Å². The highest BCUT2D eigenvalue weighted by Gasteiger charge is 2.38. The Balaban J connectivity index is 1.80. The molecule has 118 valence electrons. The summed E-state index contributed by atoms with van der Waals surface area (Å²) in [7, 11) is 0. The Morgan fingerprint density at radius 2 is 2.23 bits per heavy atom. The minimum Gasteiger partial charge on any atom is -0.444 e. The second-order valence-electron chi connectivity index (χ2n) is 6.61. The SMILES string of the molecule is CC(C)(C)OC(=O)N1CC(O)C(c2csc3ncccc23)C1. The Hall–Kier alpha value is -1.66. The number of carbonyl (C=O) groups is 1. The number of β-amino-alcohol motifs (C(OH)–C–C–N with tert-alkyl or cyclic N) is 1. The van der Waals surface area contributed by atoms with Crippen LogP contribution in [0.3, 0.4) is 0 Å². The normalized spacial score (nSPS) is 22.3. The van der Waals surface area contributed by atoms with E-state index >= 15 is 0 Å². The first-order chi connectivity index (χ1) is 10.3. The molecule has 0 radical (unpaired) electrons. The average Bonchev–Trinajstić information content (AvgIpc) is 3.00. The molecule has 3 heterocycles. The summed E-state index contributed by atoms with van der Waals surface area (Å²) in [6.07, 6.45) is 0.818. The summed E-state index contributed by atoms with van der Waals surface area (Å²) in [5, 5.41) is 13.5. The fourth-order valence-corrected chi connectivity index (χ4v) is 3.72. The quantitative estimate of drug-likeness (QED) is 0.877. The van der Waals surface area contributed by atoms with Gasteiger partial charge < -0.3 is 14.7 Å². The molecule has 5 nitrogen and oxygen atoms in total. The molecular weight excluding hydrogens is 300 g/mol. The van der Waals surface area contributed by atoms with E-state index in [9.17, 15) is 9.90 Å². The third kappa shape index (κ3) is 2.94. The van der Waals surface area contributed by atoms with Crippen LogP contribution < -0.4 is 0 Å². The minimum atomic E-state index is -0.578. The monoisotopic (exact) mass is 320 g/mol. The van der Waals surface area contributed by atoms with E-state index in [1.165, 1.54) is 0 Å². The van der Waals surface area contributed by atoms with Gasteiger partial charge in [-0.1, -0.05) is 6.07 Å². The fraction of sp³-hybridized carbons (Fsp3) is 0.500. The standard InChI is InChI=1S/C16H20N2O3S/c1-16(2,3)21-15(20)18-7-11(13(19)8-18)12-9-22-14-10(12)5-4-6-17-14/h4-6,9,11,13,19H,7-8H2,1-3H3. The molecule has 2 atom stereocenters. The molecule has 2 aromatic heterocycles. The van der Waals surface area contributed by atoms with E-state index in [2.05, 4.69) is 4.98 Å². The van der Waals surface area contributed by atoms with Gasteiger partial charge in [0.25, 0.3) is 0 Å². The molecular formula is C16H20N2O3S. The largest absolute Gasteiger partial charge is 0.444 e. The van der Waals surface area contributed by atoms with E-state index in [1.54, 1.807) is 22.4 Å². The molecule has 2 aromatic rings. The summed E-state index contributed by atoms with van der Waals surface area (Å²) in [6, 6.07) is 3.91. The maximum atomic E-state index is 12.2. The maximum Gasteiger partial charge on any atom is 0.410 e. The maximum absolute atomic E-state index is 12.2. The lowest BCUT2D eigenvalue weighted by molar-refractivity contribution is 0.0270. The number of hydrogen-bond acceptors (Lipinski definition) is 5. The molecule has 6 heteroatoms. The highest BCUT2D eigenvalue weighted by Crippen LogP contribution is 2.35. The number of aromatic nitrogens is 1. The van der Waals surface area contributed by atoms with Crippen molar-refractivity contribution in [3.05, 3.63) is 29.3 Å². The first-order valence-electron chi connectivity index (χ1n) is 7.33. The first kappa shape index (κ1) is 15.2. The van der Waals surface area contributed by atoms with Crippen LogP contribution >= 0.6 is 11.3 Å². The van der Waals surface area contributed by atoms with Crippen molar-refractivity contribution in [1.82, 2.24) is 9.88 Å². The predicted octanol–water partition coefficient (Wildman–Crippen LogP) is 2.99. The van der Waals surface area contributed by atoms with Crippen LogP contribution in [0.15, 0.2) is 23.7 Å². The number of rotatable bonds is 1. The lowest BCUT2D eigenvalue weighted by atomic mass is 9.96. The van der Waals surface area contributed by atoms with Crippen molar-refractivity contribution in [1.29, 1.82) is 0 Å². The lowest BCUT2D eigenvalue weighted by Crippen LogP contribution is -2.35. The molecule has 1 aliphatic rings. The average molecular weight is 320 g/mol. The summed E-state index contributed by atoms with van der Waals surface area (Å²) in [4.78, 5) is 19.0. The second kappa shape index (κ2) is 5.52. The van der Waals surface area contributed by atoms with Crippen LogP contribution in [0.2, 0.25) is 0 Å². The van der Waals surface area contributed by atoms with Gasteiger partial charge in [0.15, 0.2) is 0 Å². The molecule has 22 heavy (non-hydrogen) atoms. The van der Waals surface area contributed by atoms with Gasteiger partial charge in [0.05, 0.1) is 12.6 Å². The number of nitrogens with zero attached hydrogens (tertiary/aromatic N) is 2. The van der Waals surface area contributed by atoms with E-state index in [4.69, 9.17) is 4.74 Å². The fourth-order valence-electron chi connectivity index (χ4n) is 2.74. The number of aliphatic hydroxyl groups excluding tert-OH is 1. The Kier molecular flexibility index (Phi) is 3.82. The molecule has 0 bridgehead atoms. The zero-order valence-electron chi connectivity index (χ0n) is 12.9. The zero-order valence-corrected chi connectivity index (χ0v) is 13.8. The Morgan fingerprint density at radius 1 is 1.45 bits per heavy atom. The number of fused-ring (bicyclic) bond motifs is 1. The highest BCUT2D eigenvalue weighted by molar-refractivity contribution is 7.16. The van der Waals surface area contributed by atoms with Crippen LogP contribution in [0.5, 0.6) is 0 Å². The number of amides is 1. The predicted molar refractivity (Wildman–Crippen MR) is 86.2 cm³/mol. The van der Waals surface area contributed by atoms with Gasteiger partial charge in [-0.25, -0.2) is 9.78 Å².